The van der Waals surface area contributed by atoms with Gasteiger partial charge in [0.1, 0.15) is 6.04 Å². The molecule has 1 aliphatic heterocycles. The van der Waals surface area contributed by atoms with Crippen LogP contribution in [0, 0.1) is 0 Å². The number of hydrogen-bond acceptors (Lipinski definition) is 4. The van der Waals surface area contributed by atoms with Crippen molar-refractivity contribution in [3.8, 4) is 0 Å². The average Bonchev–Trinajstić information content (AvgIpc) is 2.87. The van der Waals surface area contributed by atoms with Crippen molar-refractivity contribution < 1.29 is 19.4 Å². The van der Waals surface area contributed by atoms with Crippen LogP contribution in [0.15, 0.2) is 24.3 Å². The maximum absolute atomic E-state index is 12.2. The lowest BCUT2D eigenvalue weighted by Gasteiger charge is -2.17. The van der Waals surface area contributed by atoms with Crippen molar-refractivity contribution in [3.63, 3.8) is 0 Å². The maximum Gasteiger partial charge on any atom is 0.326 e. The number of carbonyl (C=O) groups is 2. The number of nitrogens with one attached hydrogen (secondary N) is 2. The Morgan fingerprint density at radius 2 is 2.25 bits per heavy atom. The van der Waals surface area contributed by atoms with E-state index in [9.17, 15) is 9.59 Å². The molecule has 1 aromatic carbocycles. The van der Waals surface area contributed by atoms with Crippen LogP contribution < -0.4 is 10.6 Å². The number of carbonyl (C=O) groups excluding carboxylic acids is 1. The van der Waals surface area contributed by atoms with E-state index < -0.39 is 12.0 Å². The molecule has 2 unspecified atom stereocenters. The van der Waals surface area contributed by atoms with Crippen LogP contribution in [0.5, 0.6) is 0 Å². The summed E-state index contributed by atoms with van der Waals surface area (Å²) in [5.74, 6) is -1.67. The second-order valence-corrected chi connectivity index (χ2v) is 4.70. The van der Waals surface area contributed by atoms with Crippen LogP contribution >= 0.6 is 0 Å². The molecule has 0 aromatic heterocycles. The van der Waals surface area contributed by atoms with E-state index in [2.05, 4.69) is 10.6 Å². The first-order chi connectivity index (χ1) is 9.63. The fourth-order valence-electron chi connectivity index (χ4n) is 2.28. The van der Waals surface area contributed by atoms with Gasteiger partial charge >= 0.3 is 5.97 Å². The van der Waals surface area contributed by atoms with Crippen LogP contribution in [0.25, 0.3) is 0 Å². The Bertz CT molecular complexity index is 504. The standard InChI is InChI=1S/C14H18N2O4/c1-20-7-6-12(14(18)19)16-13(17)10-8-15-11-5-3-2-4-9(10)11/h2-5,10,12,15H,6-8H2,1H3,(H,16,17)(H,18,19). The van der Waals surface area contributed by atoms with Gasteiger partial charge in [-0.25, -0.2) is 4.79 Å². The van der Waals surface area contributed by atoms with E-state index in [4.69, 9.17) is 9.84 Å². The number of amides is 1. The number of methoxy groups -OCH3 is 1. The summed E-state index contributed by atoms with van der Waals surface area (Å²) in [6, 6.07) is 6.62. The maximum atomic E-state index is 12.2. The van der Waals surface area contributed by atoms with Crippen molar-refractivity contribution in [3.05, 3.63) is 29.8 Å². The number of ether oxygens (including phenoxy) is 1. The lowest BCUT2D eigenvalue weighted by atomic mass is 10.00. The summed E-state index contributed by atoms with van der Waals surface area (Å²) in [6.45, 7) is 0.776. The highest BCUT2D eigenvalue weighted by Crippen LogP contribution is 2.31. The molecule has 0 radical (unpaired) electrons. The van der Waals surface area contributed by atoms with Gasteiger partial charge in [-0.15, -0.1) is 0 Å². The summed E-state index contributed by atoms with van der Waals surface area (Å²) in [7, 11) is 1.50. The van der Waals surface area contributed by atoms with Gasteiger partial charge in [0.15, 0.2) is 0 Å². The minimum absolute atomic E-state index is 0.249. The van der Waals surface area contributed by atoms with Crippen molar-refractivity contribution in [1.29, 1.82) is 0 Å². The fourth-order valence-corrected chi connectivity index (χ4v) is 2.28. The van der Waals surface area contributed by atoms with Gasteiger partial charge in [-0.2, -0.15) is 0 Å². The van der Waals surface area contributed by atoms with E-state index in [1.165, 1.54) is 7.11 Å². The van der Waals surface area contributed by atoms with Crippen molar-refractivity contribution in [2.45, 2.75) is 18.4 Å². The van der Waals surface area contributed by atoms with Crippen molar-refractivity contribution in [1.82, 2.24) is 5.32 Å². The molecule has 0 saturated carbocycles. The second kappa shape index (κ2) is 6.38. The van der Waals surface area contributed by atoms with Crippen LogP contribution in [0.2, 0.25) is 0 Å². The number of para-hydroxylation sites is 1. The van der Waals surface area contributed by atoms with Crippen LogP contribution in [0.1, 0.15) is 17.9 Å². The quantitative estimate of drug-likeness (QED) is 0.716. The molecule has 0 bridgehead atoms. The Hall–Kier alpha value is -2.08. The van der Waals surface area contributed by atoms with Gasteiger partial charge in [0.25, 0.3) is 0 Å². The average molecular weight is 278 g/mol. The molecule has 0 saturated heterocycles. The molecule has 2 rings (SSSR count). The zero-order valence-corrected chi connectivity index (χ0v) is 11.3. The van der Waals surface area contributed by atoms with Crippen LogP contribution in [0.3, 0.4) is 0 Å². The third-order valence-electron chi connectivity index (χ3n) is 3.37. The highest BCUT2D eigenvalue weighted by atomic mass is 16.5. The predicted octanol–water partition coefficient (Wildman–Crippen LogP) is 0.802. The lowest BCUT2D eigenvalue weighted by molar-refractivity contribution is -0.142. The first kappa shape index (κ1) is 14.3. The molecule has 2 atom stereocenters. The van der Waals surface area contributed by atoms with Crippen molar-refractivity contribution in [2.75, 3.05) is 25.6 Å². The molecule has 1 amide bonds. The minimum Gasteiger partial charge on any atom is -0.480 e. The van der Waals surface area contributed by atoms with Gasteiger partial charge in [-0.3, -0.25) is 4.79 Å². The van der Waals surface area contributed by atoms with E-state index in [-0.39, 0.29) is 24.9 Å². The van der Waals surface area contributed by atoms with Gasteiger partial charge in [-0.05, 0) is 11.6 Å². The molecule has 1 aromatic rings. The largest absolute Gasteiger partial charge is 0.480 e. The smallest absolute Gasteiger partial charge is 0.326 e. The molecular weight excluding hydrogens is 260 g/mol. The van der Waals surface area contributed by atoms with Crippen molar-refractivity contribution >= 4 is 17.6 Å². The van der Waals surface area contributed by atoms with E-state index >= 15 is 0 Å². The molecule has 0 aliphatic carbocycles. The Morgan fingerprint density at radius 1 is 1.50 bits per heavy atom. The minimum atomic E-state index is -1.05. The number of benzene rings is 1. The summed E-state index contributed by atoms with van der Waals surface area (Å²) in [4.78, 5) is 23.3. The molecule has 1 heterocycles. The molecule has 0 spiro atoms. The predicted molar refractivity (Wildman–Crippen MR) is 73.7 cm³/mol. The number of rotatable bonds is 6. The molecule has 0 fully saturated rings. The van der Waals surface area contributed by atoms with E-state index in [0.29, 0.717) is 6.54 Å². The van der Waals surface area contributed by atoms with Crippen LogP contribution in [-0.4, -0.2) is 43.3 Å². The molecular formula is C14H18N2O4. The molecule has 1 aliphatic rings. The lowest BCUT2D eigenvalue weighted by Crippen LogP contribution is -2.44. The zero-order chi connectivity index (χ0) is 14.5. The third kappa shape index (κ3) is 3.08. The van der Waals surface area contributed by atoms with Gasteiger partial charge in [0.2, 0.25) is 5.91 Å². The van der Waals surface area contributed by atoms with Gasteiger partial charge < -0.3 is 20.5 Å². The Balaban J connectivity index is 2.03. The van der Waals surface area contributed by atoms with Crippen LogP contribution in [0.4, 0.5) is 5.69 Å². The number of carboxylic acids is 1. The number of anilines is 1. The molecule has 108 valence electrons. The number of hydrogen-bond donors (Lipinski definition) is 3. The topological polar surface area (TPSA) is 87.7 Å². The first-order valence-electron chi connectivity index (χ1n) is 6.48. The zero-order valence-electron chi connectivity index (χ0n) is 11.3. The van der Waals surface area contributed by atoms with E-state index in [0.717, 1.165) is 11.3 Å². The summed E-state index contributed by atoms with van der Waals surface area (Å²) in [5, 5.41) is 14.8. The summed E-state index contributed by atoms with van der Waals surface area (Å²) >= 11 is 0. The third-order valence-corrected chi connectivity index (χ3v) is 3.37. The summed E-state index contributed by atoms with van der Waals surface area (Å²) in [5.41, 5.74) is 1.83. The highest BCUT2D eigenvalue weighted by Gasteiger charge is 2.30. The number of aliphatic carboxylic acids is 1. The second-order valence-electron chi connectivity index (χ2n) is 4.70. The fraction of sp³-hybridized carbons (Fsp3) is 0.429. The normalized spacial score (nSPS) is 17.9. The SMILES string of the molecule is COCCC(NC(=O)C1CNc2ccccc21)C(=O)O. The number of carboxylic acid groups (broad SMARTS) is 1. The Morgan fingerprint density at radius 3 is 2.95 bits per heavy atom. The summed E-state index contributed by atoms with van der Waals surface area (Å²) < 4.78 is 4.86. The summed E-state index contributed by atoms with van der Waals surface area (Å²) in [6.07, 6.45) is 0.249. The van der Waals surface area contributed by atoms with E-state index in [1.54, 1.807) is 0 Å². The van der Waals surface area contributed by atoms with Gasteiger partial charge in [0, 0.05) is 32.4 Å². The Kier molecular flexibility index (Phi) is 4.57. The Labute approximate surface area is 117 Å². The molecule has 3 N–H and O–H groups in total. The first-order valence-corrected chi connectivity index (χ1v) is 6.48. The van der Waals surface area contributed by atoms with E-state index in [1.807, 2.05) is 24.3 Å². The van der Waals surface area contributed by atoms with Gasteiger partial charge in [-0.1, -0.05) is 18.2 Å². The monoisotopic (exact) mass is 278 g/mol. The molecule has 6 nitrogen and oxygen atoms in total. The number of fused-ring (bicyclic) bond motifs is 1. The van der Waals surface area contributed by atoms with Crippen LogP contribution in [-0.2, 0) is 14.3 Å². The van der Waals surface area contributed by atoms with Crippen molar-refractivity contribution in [2.24, 2.45) is 0 Å². The van der Waals surface area contributed by atoms with Gasteiger partial charge in [0.05, 0.1) is 5.92 Å². The molecule has 6 heteroatoms. The highest BCUT2D eigenvalue weighted by molar-refractivity contribution is 5.91. The molecule has 20 heavy (non-hydrogen) atoms.